The van der Waals surface area contributed by atoms with Crippen LogP contribution in [0.15, 0.2) is 82.8 Å². The van der Waals surface area contributed by atoms with E-state index in [1.165, 1.54) is 36.8 Å². The molecule has 200 valence electrons. The zero-order valence-electron chi connectivity index (χ0n) is 19.2. The first kappa shape index (κ1) is 29.8. The topological polar surface area (TPSA) is 122 Å². The highest BCUT2D eigenvalue weighted by atomic mass is 32.1. The number of halogens is 6. The Balaban J connectivity index is 0.000000308. The van der Waals surface area contributed by atoms with E-state index in [1.807, 2.05) is 0 Å². The van der Waals surface area contributed by atoms with Crippen molar-refractivity contribution >= 4 is 47.1 Å². The fourth-order valence-electron chi connectivity index (χ4n) is 2.60. The van der Waals surface area contributed by atoms with Crippen molar-refractivity contribution in [2.24, 2.45) is 21.5 Å². The van der Waals surface area contributed by atoms with Crippen LogP contribution in [0.3, 0.4) is 0 Å². The highest BCUT2D eigenvalue weighted by Gasteiger charge is 2.31. The molecular formula is C24H20F6N6OS. The second-order valence-electron chi connectivity index (χ2n) is 7.13. The second-order valence-corrected chi connectivity index (χ2v) is 7.57. The summed E-state index contributed by atoms with van der Waals surface area (Å²) in [7, 11) is 0. The summed E-state index contributed by atoms with van der Waals surface area (Å²) in [6.45, 7) is 0. The van der Waals surface area contributed by atoms with E-state index in [1.54, 1.807) is 24.3 Å². The van der Waals surface area contributed by atoms with Gasteiger partial charge >= 0.3 is 12.5 Å². The molecule has 0 atom stereocenters. The molecule has 3 rings (SSSR count). The van der Waals surface area contributed by atoms with Crippen molar-refractivity contribution in [1.29, 1.82) is 5.41 Å². The number of amidine groups is 1. The molecule has 0 heterocycles. The van der Waals surface area contributed by atoms with Crippen molar-refractivity contribution in [3.05, 3.63) is 89.5 Å². The molecule has 0 aliphatic carbocycles. The predicted molar refractivity (Wildman–Crippen MR) is 138 cm³/mol. The number of hydrogen-bond donors (Lipinski definition) is 4. The summed E-state index contributed by atoms with van der Waals surface area (Å²) in [5.74, 6) is -0.0944. The normalized spacial score (nSPS) is 11.9. The SMILES string of the molecule is N=Cc1ccc(C(N)=NC=Nc2ccc(OC(F)(F)F)cc2)cc1.NC(=S)Nc1ccc(C(F)(F)F)cc1. The molecule has 0 bridgehead atoms. The first-order chi connectivity index (χ1) is 17.8. The molecule has 0 aromatic heterocycles. The van der Waals surface area contributed by atoms with Gasteiger partial charge in [0.1, 0.15) is 17.9 Å². The Morgan fingerprint density at radius 1 is 0.868 bits per heavy atom. The zero-order chi connectivity index (χ0) is 28.3. The number of thiocarbonyl (C=S) groups is 1. The van der Waals surface area contributed by atoms with Gasteiger partial charge in [0.2, 0.25) is 0 Å². The van der Waals surface area contributed by atoms with Crippen molar-refractivity contribution in [2.45, 2.75) is 12.5 Å². The maximum Gasteiger partial charge on any atom is 0.573 e. The van der Waals surface area contributed by atoms with E-state index >= 15 is 0 Å². The molecule has 6 N–H and O–H groups in total. The van der Waals surface area contributed by atoms with Crippen LogP contribution < -0.4 is 21.5 Å². The van der Waals surface area contributed by atoms with Crippen molar-refractivity contribution in [3.63, 3.8) is 0 Å². The zero-order valence-corrected chi connectivity index (χ0v) is 20.0. The van der Waals surface area contributed by atoms with Gasteiger partial charge in [-0.2, -0.15) is 13.2 Å². The van der Waals surface area contributed by atoms with Crippen molar-refractivity contribution < 1.29 is 31.1 Å². The maximum absolute atomic E-state index is 12.1. The Morgan fingerprint density at radius 2 is 1.45 bits per heavy atom. The maximum atomic E-state index is 12.1. The predicted octanol–water partition coefficient (Wildman–Crippen LogP) is 6.01. The lowest BCUT2D eigenvalue weighted by atomic mass is 10.1. The van der Waals surface area contributed by atoms with Gasteiger partial charge in [0, 0.05) is 17.5 Å². The van der Waals surface area contributed by atoms with Crippen LogP contribution >= 0.6 is 12.2 Å². The molecule has 0 spiro atoms. The quantitative estimate of drug-likeness (QED) is 0.129. The molecular weight excluding hydrogens is 534 g/mol. The molecule has 3 aromatic carbocycles. The lowest BCUT2D eigenvalue weighted by molar-refractivity contribution is -0.274. The van der Waals surface area contributed by atoms with Crippen molar-refractivity contribution in [1.82, 2.24) is 0 Å². The van der Waals surface area contributed by atoms with Crippen LogP contribution in [-0.4, -0.2) is 29.9 Å². The van der Waals surface area contributed by atoms with Gasteiger partial charge in [0.25, 0.3) is 0 Å². The number of anilines is 1. The number of ether oxygens (including phenoxy) is 1. The molecule has 0 aliphatic rings. The molecule has 7 nitrogen and oxygen atoms in total. The highest BCUT2D eigenvalue weighted by molar-refractivity contribution is 7.80. The minimum atomic E-state index is -4.73. The van der Waals surface area contributed by atoms with Gasteiger partial charge in [-0.1, -0.05) is 24.3 Å². The van der Waals surface area contributed by atoms with E-state index in [0.29, 0.717) is 16.9 Å². The number of nitrogens with zero attached hydrogens (tertiary/aromatic N) is 2. The number of benzene rings is 3. The lowest BCUT2D eigenvalue weighted by Gasteiger charge is -2.08. The molecule has 3 aromatic rings. The lowest BCUT2D eigenvalue weighted by Crippen LogP contribution is -2.18. The highest BCUT2D eigenvalue weighted by Crippen LogP contribution is 2.29. The third-order valence-electron chi connectivity index (χ3n) is 4.33. The molecule has 14 heteroatoms. The average Bonchev–Trinajstić information content (AvgIpc) is 2.84. The van der Waals surface area contributed by atoms with E-state index in [2.05, 4.69) is 32.3 Å². The van der Waals surface area contributed by atoms with E-state index in [-0.39, 0.29) is 16.7 Å². The number of aliphatic imine (C=N–C) groups is 2. The number of nitrogens with one attached hydrogen (secondary N) is 2. The molecule has 0 amide bonds. The van der Waals surface area contributed by atoms with Gasteiger partial charge in [0.05, 0.1) is 11.3 Å². The summed E-state index contributed by atoms with van der Waals surface area (Å²) in [6, 6.07) is 16.4. The first-order valence-corrected chi connectivity index (χ1v) is 10.7. The third kappa shape index (κ3) is 10.7. The molecule has 38 heavy (non-hydrogen) atoms. The summed E-state index contributed by atoms with van der Waals surface area (Å²) >= 11 is 4.53. The minimum absolute atomic E-state index is 0.0183. The van der Waals surface area contributed by atoms with Gasteiger partial charge in [-0.15, -0.1) is 13.2 Å². The van der Waals surface area contributed by atoms with Crippen LogP contribution in [0.4, 0.5) is 37.7 Å². The van der Waals surface area contributed by atoms with Crippen LogP contribution in [-0.2, 0) is 6.18 Å². The largest absolute Gasteiger partial charge is 0.573 e. The fourth-order valence-corrected chi connectivity index (χ4v) is 2.72. The molecule has 0 saturated carbocycles. The van der Waals surface area contributed by atoms with Gasteiger partial charge in [-0.3, -0.25) is 0 Å². The van der Waals surface area contributed by atoms with Gasteiger partial charge < -0.3 is 26.9 Å². The second kappa shape index (κ2) is 13.2. The molecule has 0 unspecified atom stereocenters. The van der Waals surface area contributed by atoms with Gasteiger partial charge in [0.15, 0.2) is 5.11 Å². The molecule has 0 saturated heterocycles. The van der Waals surface area contributed by atoms with Gasteiger partial charge in [-0.05, 0) is 66.3 Å². The Morgan fingerprint density at radius 3 is 1.92 bits per heavy atom. The summed E-state index contributed by atoms with van der Waals surface area (Å²) in [5, 5.41) is 9.66. The van der Waals surface area contributed by atoms with Crippen LogP contribution in [0.1, 0.15) is 16.7 Å². The number of nitrogens with two attached hydrogens (primary N) is 2. The Bertz CT molecular complexity index is 1270. The van der Waals surface area contributed by atoms with Crippen LogP contribution in [0.2, 0.25) is 0 Å². The minimum Gasteiger partial charge on any atom is -0.406 e. The molecule has 0 aliphatic heterocycles. The Hall–Kier alpha value is -4.46. The number of alkyl halides is 6. The number of rotatable bonds is 6. The summed E-state index contributed by atoms with van der Waals surface area (Å²) in [6.07, 6.45) is -6.62. The Kier molecular flexibility index (Phi) is 10.3. The van der Waals surface area contributed by atoms with E-state index in [4.69, 9.17) is 16.9 Å². The van der Waals surface area contributed by atoms with E-state index in [0.717, 1.165) is 29.8 Å². The first-order valence-electron chi connectivity index (χ1n) is 10.3. The van der Waals surface area contributed by atoms with Crippen molar-refractivity contribution in [2.75, 3.05) is 5.32 Å². The summed E-state index contributed by atoms with van der Waals surface area (Å²) in [5.41, 5.74) is 12.5. The fraction of sp³-hybridized carbons (Fsp3) is 0.0833. The van der Waals surface area contributed by atoms with Crippen molar-refractivity contribution in [3.8, 4) is 5.75 Å². The molecule has 0 radical (unpaired) electrons. The van der Waals surface area contributed by atoms with Crippen LogP contribution in [0.25, 0.3) is 0 Å². The van der Waals surface area contributed by atoms with E-state index in [9.17, 15) is 26.3 Å². The number of hydrogen-bond acceptors (Lipinski definition) is 4. The summed E-state index contributed by atoms with van der Waals surface area (Å²) < 4.78 is 76.2. The summed E-state index contributed by atoms with van der Waals surface area (Å²) in [4.78, 5) is 7.94. The smallest absolute Gasteiger partial charge is 0.406 e. The van der Waals surface area contributed by atoms with Gasteiger partial charge in [-0.25, -0.2) is 9.98 Å². The van der Waals surface area contributed by atoms with Crippen LogP contribution in [0.5, 0.6) is 5.75 Å². The third-order valence-corrected chi connectivity index (χ3v) is 4.43. The monoisotopic (exact) mass is 554 g/mol. The Labute approximate surface area is 218 Å². The average molecular weight is 555 g/mol. The standard InChI is InChI=1S/C16H13F3N4O.C8H7F3N2S/c17-16(18,19)24-14-7-5-13(6-8-14)22-10-23-15(21)12-3-1-11(9-20)2-4-12;9-8(10,11)5-1-3-6(4-2-5)13-7(12)14/h1-10,20H,(H2,21,22,23);1-4H,(H3,12,13,14). The van der Waals surface area contributed by atoms with Crippen LogP contribution in [0, 0.1) is 5.41 Å². The molecule has 0 fully saturated rings. The van der Waals surface area contributed by atoms with E-state index < -0.39 is 18.1 Å².